The normalized spacial score (nSPS) is 13.3. The number of carboxylic acids is 1. The van der Waals surface area contributed by atoms with Gasteiger partial charge in [0.15, 0.2) is 5.69 Å². The standard InChI is InChI=1S/C16H16F2N2O4/c1-3-7-16(2,15(22)23)20-13(21)11-8-24-14(19-11)12-9(17)5-4-6-10(12)18/h4-6,8H,3,7H2,1-2H3,(H,20,21)(H,22,23). The summed E-state index contributed by atoms with van der Waals surface area (Å²) in [7, 11) is 0. The molecule has 1 heterocycles. The molecular weight excluding hydrogens is 322 g/mol. The molecule has 1 aromatic heterocycles. The monoisotopic (exact) mass is 338 g/mol. The summed E-state index contributed by atoms with van der Waals surface area (Å²) in [6.45, 7) is 3.15. The molecule has 1 unspecified atom stereocenters. The van der Waals surface area contributed by atoms with Crippen LogP contribution < -0.4 is 5.32 Å². The fourth-order valence-electron chi connectivity index (χ4n) is 2.23. The van der Waals surface area contributed by atoms with Gasteiger partial charge in [-0.05, 0) is 25.5 Å². The van der Waals surface area contributed by atoms with Crippen LogP contribution in [0.4, 0.5) is 8.78 Å². The minimum absolute atomic E-state index is 0.209. The van der Waals surface area contributed by atoms with E-state index in [-0.39, 0.29) is 12.1 Å². The zero-order valence-electron chi connectivity index (χ0n) is 13.1. The van der Waals surface area contributed by atoms with E-state index in [1.54, 1.807) is 6.92 Å². The van der Waals surface area contributed by atoms with Gasteiger partial charge in [-0.15, -0.1) is 0 Å². The van der Waals surface area contributed by atoms with Gasteiger partial charge >= 0.3 is 5.97 Å². The number of nitrogens with zero attached hydrogens (tertiary/aromatic N) is 1. The van der Waals surface area contributed by atoms with Crippen molar-refractivity contribution in [1.29, 1.82) is 0 Å². The van der Waals surface area contributed by atoms with E-state index in [1.165, 1.54) is 13.0 Å². The number of carboxylic acid groups (broad SMARTS) is 1. The van der Waals surface area contributed by atoms with Crippen LogP contribution in [0.1, 0.15) is 37.2 Å². The Labute approximate surface area is 136 Å². The van der Waals surface area contributed by atoms with E-state index in [9.17, 15) is 23.5 Å². The van der Waals surface area contributed by atoms with Crippen LogP contribution >= 0.6 is 0 Å². The first-order valence-electron chi connectivity index (χ1n) is 7.24. The Morgan fingerprint density at radius 3 is 2.50 bits per heavy atom. The summed E-state index contributed by atoms with van der Waals surface area (Å²) in [4.78, 5) is 27.3. The highest BCUT2D eigenvalue weighted by Gasteiger charge is 2.35. The second-order valence-corrected chi connectivity index (χ2v) is 5.48. The Bertz CT molecular complexity index is 755. The Morgan fingerprint density at radius 1 is 1.33 bits per heavy atom. The molecule has 0 aliphatic heterocycles. The summed E-state index contributed by atoms with van der Waals surface area (Å²) in [6.07, 6.45) is 1.67. The highest BCUT2D eigenvalue weighted by atomic mass is 19.1. The topological polar surface area (TPSA) is 92.4 Å². The van der Waals surface area contributed by atoms with Gasteiger partial charge in [-0.2, -0.15) is 0 Å². The lowest BCUT2D eigenvalue weighted by molar-refractivity contribution is -0.144. The van der Waals surface area contributed by atoms with E-state index in [0.29, 0.717) is 6.42 Å². The number of oxazole rings is 1. The minimum Gasteiger partial charge on any atom is -0.480 e. The zero-order chi connectivity index (χ0) is 17.9. The molecule has 0 aliphatic carbocycles. The number of aliphatic carboxylic acids is 1. The molecule has 0 saturated carbocycles. The molecule has 1 atom stereocenters. The molecule has 128 valence electrons. The summed E-state index contributed by atoms with van der Waals surface area (Å²) >= 11 is 0. The number of rotatable bonds is 6. The average Bonchev–Trinajstić information content (AvgIpc) is 2.96. The number of benzene rings is 1. The van der Waals surface area contributed by atoms with Gasteiger partial charge in [-0.1, -0.05) is 19.4 Å². The lowest BCUT2D eigenvalue weighted by atomic mass is 9.96. The first-order chi connectivity index (χ1) is 11.3. The van der Waals surface area contributed by atoms with Crippen molar-refractivity contribution in [1.82, 2.24) is 10.3 Å². The van der Waals surface area contributed by atoms with E-state index >= 15 is 0 Å². The second kappa shape index (κ2) is 6.77. The molecule has 24 heavy (non-hydrogen) atoms. The molecule has 2 N–H and O–H groups in total. The molecular formula is C16H16F2N2O4. The molecule has 0 radical (unpaired) electrons. The third kappa shape index (κ3) is 3.42. The Morgan fingerprint density at radius 2 is 1.96 bits per heavy atom. The van der Waals surface area contributed by atoms with Crippen molar-refractivity contribution in [3.05, 3.63) is 41.8 Å². The maximum atomic E-state index is 13.7. The van der Waals surface area contributed by atoms with E-state index < -0.39 is 40.5 Å². The predicted molar refractivity (Wildman–Crippen MR) is 80.3 cm³/mol. The van der Waals surface area contributed by atoms with Gasteiger partial charge in [0.1, 0.15) is 29.0 Å². The largest absolute Gasteiger partial charge is 0.480 e. The van der Waals surface area contributed by atoms with Gasteiger partial charge in [-0.3, -0.25) is 4.79 Å². The lowest BCUT2D eigenvalue weighted by Gasteiger charge is -2.25. The van der Waals surface area contributed by atoms with Gasteiger partial charge in [0.25, 0.3) is 5.91 Å². The van der Waals surface area contributed by atoms with Crippen LogP contribution in [0.3, 0.4) is 0 Å². The van der Waals surface area contributed by atoms with Crippen molar-refractivity contribution < 1.29 is 27.9 Å². The highest BCUT2D eigenvalue weighted by molar-refractivity contribution is 5.96. The molecule has 6 nitrogen and oxygen atoms in total. The number of nitrogens with one attached hydrogen (secondary N) is 1. The summed E-state index contributed by atoms with van der Waals surface area (Å²) in [5.74, 6) is -4.17. The van der Waals surface area contributed by atoms with Gasteiger partial charge in [-0.25, -0.2) is 18.6 Å². The third-order valence-corrected chi connectivity index (χ3v) is 3.52. The summed E-state index contributed by atoms with van der Waals surface area (Å²) in [6, 6.07) is 3.25. The fourth-order valence-corrected chi connectivity index (χ4v) is 2.23. The average molecular weight is 338 g/mol. The van der Waals surface area contributed by atoms with Crippen LogP contribution in [0.15, 0.2) is 28.9 Å². The molecule has 8 heteroatoms. The first kappa shape index (κ1) is 17.6. The van der Waals surface area contributed by atoms with Crippen LogP contribution in [0, 0.1) is 11.6 Å². The Kier molecular flexibility index (Phi) is 4.96. The quantitative estimate of drug-likeness (QED) is 0.845. The summed E-state index contributed by atoms with van der Waals surface area (Å²) in [5, 5.41) is 11.6. The maximum absolute atomic E-state index is 13.7. The van der Waals surface area contributed by atoms with E-state index in [4.69, 9.17) is 4.42 Å². The third-order valence-electron chi connectivity index (χ3n) is 3.52. The van der Waals surface area contributed by atoms with Crippen molar-refractivity contribution in [3.63, 3.8) is 0 Å². The molecule has 1 aromatic carbocycles. The summed E-state index contributed by atoms with van der Waals surface area (Å²) in [5.41, 5.74) is -2.24. The lowest BCUT2D eigenvalue weighted by Crippen LogP contribution is -2.52. The Hall–Kier alpha value is -2.77. The molecule has 0 bridgehead atoms. The van der Waals surface area contributed by atoms with Crippen LogP contribution in [-0.2, 0) is 4.79 Å². The zero-order valence-corrected chi connectivity index (χ0v) is 13.1. The number of carbonyl (C=O) groups is 2. The molecule has 0 fully saturated rings. The molecule has 2 rings (SSSR count). The number of aromatic nitrogens is 1. The van der Waals surface area contributed by atoms with Gasteiger partial charge < -0.3 is 14.8 Å². The SMILES string of the molecule is CCCC(C)(NC(=O)c1coc(-c2c(F)cccc2F)n1)C(=O)O. The maximum Gasteiger partial charge on any atom is 0.329 e. The molecule has 0 aliphatic rings. The molecule has 1 amide bonds. The van der Waals surface area contributed by atoms with Crippen molar-refractivity contribution in [2.24, 2.45) is 0 Å². The van der Waals surface area contributed by atoms with Crippen molar-refractivity contribution in [2.45, 2.75) is 32.2 Å². The van der Waals surface area contributed by atoms with E-state index in [2.05, 4.69) is 10.3 Å². The molecule has 0 spiro atoms. The molecule has 2 aromatic rings. The van der Waals surface area contributed by atoms with Gasteiger partial charge in [0.05, 0.1) is 0 Å². The van der Waals surface area contributed by atoms with Gasteiger partial charge in [0.2, 0.25) is 5.89 Å². The van der Waals surface area contributed by atoms with E-state index in [0.717, 1.165) is 18.4 Å². The van der Waals surface area contributed by atoms with Crippen molar-refractivity contribution in [2.75, 3.05) is 0 Å². The molecule has 0 saturated heterocycles. The highest BCUT2D eigenvalue weighted by Crippen LogP contribution is 2.25. The van der Waals surface area contributed by atoms with Crippen molar-refractivity contribution in [3.8, 4) is 11.5 Å². The van der Waals surface area contributed by atoms with Crippen LogP contribution in [0.2, 0.25) is 0 Å². The number of amides is 1. The van der Waals surface area contributed by atoms with Crippen LogP contribution in [-0.4, -0.2) is 27.5 Å². The number of hydrogen-bond donors (Lipinski definition) is 2. The number of carbonyl (C=O) groups excluding carboxylic acids is 1. The first-order valence-corrected chi connectivity index (χ1v) is 7.24. The van der Waals surface area contributed by atoms with Crippen LogP contribution in [0.5, 0.6) is 0 Å². The smallest absolute Gasteiger partial charge is 0.329 e. The second-order valence-electron chi connectivity index (χ2n) is 5.48. The fraction of sp³-hybridized carbons (Fsp3) is 0.312. The Balaban J connectivity index is 2.27. The van der Waals surface area contributed by atoms with E-state index in [1.807, 2.05) is 0 Å². The van der Waals surface area contributed by atoms with Gasteiger partial charge in [0, 0.05) is 0 Å². The summed E-state index contributed by atoms with van der Waals surface area (Å²) < 4.78 is 32.4. The number of halogens is 2. The van der Waals surface area contributed by atoms with Crippen molar-refractivity contribution >= 4 is 11.9 Å². The predicted octanol–water partition coefficient (Wildman–Crippen LogP) is 2.99. The van der Waals surface area contributed by atoms with Crippen LogP contribution in [0.25, 0.3) is 11.5 Å². The minimum atomic E-state index is -1.48. The number of hydrogen-bond acceptors (Lipinski definition) is 4.